The van der Waals surface area contributed by atoms with Gasteiger partial charge in [0.15, 0.2) is 5.82 Å². The normalized spacial score (nSPS) is 21.6. The van der Waals surface area contributed by atoms with Gasteiger partial charge in [-0.1, -0.05) is 11.6 Å². The Kier molecular flexibility index (Phi) is 10.6. The molecular formula is C54H61ClF2N10O. The maximum atomic E-state index is 14.8. The Balaban J connectivity index is 0.677. The Hall–Kier alpha value is -5.61. The summed E-state index contributed by atoms with van der Waals surface area (Å²) in [6.07, 6.45) is 14.2. The molecule has 0 N–H and O–H groups in total. The number of hydrogen-bond donors (Lipinski definition) is 0. The molecule has 7 aliphatic rings. The molecule has 5 aromatic rings. The summed E-state index contributed by atoms with van der Waals surface area (Å²) in [7, 11) is 1.81. The summed E-state index contributed by atoms with van der Waals surface area (Å²) in [5.41, 5.74) is 10.9. The molecule has 0 radical (unpaired) electrons. The van der Waals surface area contributed by atoms with Crippen molar-refractivity contribution in [3.05, 3.63) is 100.0 Å². The molecule has 3 aromatic carbocycles. The second-order valence-corrected chi connectivity index (χ2v) is 22.2. The maximum Gasteiger partial charge on any atom is 0.264 e. The van der Waals surface area contributed by atoms with Crippen LogP contribution in [0.3, 0.4) is 0 Å². The van der Waals surface area contributed by atoms with Crippen molar-refractivity contribution in [1.82, 2.24) is 24.5 Å². The summed E-state index contributed by atoms with van der Waals surface area (Å²) in [6.45, 7) is 9.94. The highest BCUT2D eigenvalue weighted by molar-refractivity contribution is 6.32. The van der Waals surface area contributed by atoms with Gasteiger partial charge in [-0.2, -0.15) is 15.5 Å². The molecule has 2 aromatic heterocycles. The van der Waals surface area contributed by atoms with Gasteiger partial charge in [-0.05, 0) is 153 Å². The molecule has 11 nitrogen and oxygen atoms in total. The highest BCUT2D eigenvalue weighted by atomic mass is 35.5. The molecule has 0 unspecified atom stereocenters. The van der Waals surface area contributed by atoms with Crippen LogP contribution in [0.1, 0.15) is 112 Å². The minimum absolute atomic E-state index is 0.0131. The van der Waals surface area contributed by atoms with Gasteiger partial charge in [0.05, 0.1) is 29.4 Å². The topological polar surface area (TPSA) is 92.7 Å². The van der Waals surface area contributed by atoms with Gasteiger partial charge < -0.3 is 24.5 Å². The SMILES string of the molecule is CC(=O)N1CCc2c(c(N3CCCc4cc(-c5cnn(C)c5)c(C(F)F)cc43)nn2C2CC3(C2)CC2(CCN(c4ccc(N5CCC6(CC5)CCN(c5ccc(C#N)c(Cl)c5)C6)cc4)CC2)C3)C1. The van der Waals surface area contributed by atoms with E-state index in [-0.39, 0.29) is 11.5 Å². The average molecular weight is 940 g/mol. The van der Waals surface area contributed by atoms with E-state index in [0.29, 0.717) is 63.6 Å². The highest BCUT2D eigenvalue weighted by Gasteiger charge is 2.61. The first-order valence-corrected chi connectivity index (χ1v) is 25.4. The molecule has 354 valence electrons. The monoisotopic (exact) mass is 938 g/mol. The lowest BCUT2D eigenvalue weighted by atomic mass is 9.42. The molecule has 0 bridgehead atoms. The fraction of sp³-hybridized carbons (Fsp3) is 0.519. The van der Waals surface area contributed by atoms with E-state index in [9.17, 15) is 18.8 Å². The molecule has 5 aliphatic heterocycles. The van der Waals surface area contributed by atoms with E-state index >= 15 is 0 Å². The molecular weight excluding hydrogens is 878 g/mol. The third kappa shape index (κ3) is 7.51. The molecule has 68 heavy (non-hydrogen) atoms. The number of nitrogens with zero attached hydrogens (tertiary/aromatic N) is 10. The number of aryl methyl sites for hydroxylation is 2. The van der Waals surface area contributed by atoms with E-state index in [1.54, 1.807) is 37.1 Å². The third-order valence-electron chi connectivity index (χ3n) is 17.7. The molecule has 12 rings (SSSR count). The number of aromatic nitrogens is 4. The number of anilines is 5. The minimum Gasteiger partial charge on any atom is -0.371 e. The lowest BCUT2D eigenvalue weighted by Crippen LogP contribution is -2.57. The van der Waals surface area contributed by atoms with Crippen molar-refractivity contribution in [2.45, 2.75) is 103 Å². The molecule has 2 aliphatic carbocycles. The Morgan fingerprint density at radius 1 is 0.824 bits per heavy atom. The highest BCUT2D eigenvalue weighted by Crippen LogP contribution is 2.70. The first-order valence-electron chi connectivity index (χ1n) is 25.0. The minimum atomic E-state index is -2.64. The number of piperidine rings is 2. The number of nitriles is 1. The van der Waals surface area contributed by atoms with Crippen molar-refractivity contribution < 1.29 is 13.6 Å². The second-order valence-electron chi connectivity index (χ2n) is 21.8. The summed E-state index contributed by atoms with van der Waals surface area (Å²) in [5.74, 6) is 0.887. The maximum absolute atomic E-state index is 14.8. The van der Waals surface area contributed by atoms with E-state index in [0.717, 1.165) is 99.7 Å². The van der Waals surface area contributed by atoms with E-state index in [1.807, 2.05) is 29.2 Å². The second kappa shape index (κ2) is 16.5. The smallest absolute Gasteiger partial charge is 0.264 e. The lowest BCUT2D eigenvalue weighted by molar-refractivity contribution is -0.134. The van der Waals surface area contributed by atoms with Crippen molar-refractivity contribution in [3.63, 3.8) is 0 Å². The molecule has 2 saturated carbocycles. The quantitative estimate of drug-likeness (QED) is 0.159. The zero-order valence-corrected chi connectivity index (χ0v) is 40.1. The predicted molar refractivity (Wildman–Crippen MR) is 263 cm³/mol. The van der Waals surface area contributed by atoms with E-state index < -0.39 is 6.43 Å². The number of hydrogen-bond acceptors (Lipinski definition) is 8. The number of halogens is 3. The van der Waals surface area contributed by atoms with Crippen LogP contribution in [-0.4, -0.2) is 82.7 Å². The molecule has 1 amide bonds. The first-order chi connectivity index (χ1) is 32.9. The summed E-state index contributed by atoms with van der Waals surface area (Å²) < 4.78 is 33.5. The van der Waals surface area contributed by atoms with E-state index in [2.05, 4.69) is 59.7 Å². The van der Waals surface area contributed by atoms with Gasteiger partial charge in [-0.15, -0.1) is 0 Å². The van der Waals surface area contributed by atoms with Crippen LogP contribution in [0.5, 0.6) is 0 Å². The van der Waals surface area contributed by atoms with Crippen molar-refractivity contribution in [2.24, 2.45) is 23.3 Å². The lowest BCUT2D eigenvalue weighted by Gasteiger charge is -2.65. The number of benzene rings is 3. The van der Waals surface area contributed by atoms with Crippen LogP contribution >= 0.6 is 11.6 Å². The number of rotatable bonds is 7. The van der Waals surface area contributed by atoms with Crippen LogP contribution in [0.25, 0.3) is 11.1 Å². The Morgan fingerprint density at radius 2 is 1.49 bits per heavy atom. The van der Waals surface area contributed by atoms with Gasteiger partial charge in [-0.25, -0.2) is 8.78 Å². The van der Waals surface area contributed by atoms with Crippen molar-refractivity contribution in [3.8, 4) is 17.2 Å². The molecule has 14 heteroatoms. The molecule has 3 saturated heterocycles. The van der Waals surface area contributed by atoms with Crippen LogP contribution in [0, 0.1) is 27.6 Å². The van der Waals surface area contributed by atoms with Crippen LogP contribution in [0.4, 0.5) is 37.3 Å². The van der Waals surface area contributed by atoms with Gasteiger partial charge in [0.1, 0.15) is 6.07 Å². The third-order valence-corrected chi connectivity index (χ3v) is 18.0. The number of carbonyl (C=O) groups excluding carboxylic acids is 1. The summed E-state index contributed by atoms with van der Waals surface area (Å²) in [4.78, 5) is 24.4. The van der Waals surface area contributed by atoms with Gasteiger partial charge >= 0.3 is 0 Å². The number of carbonyl (C=O) groups is 1. The van der Waals surface area contributed by atoms with E-state index in [4.69, 9.17) is 16.7 Å². The average Bonchev–Trinajstić information content (AvgIpc) is 4.06. The van der Waals surface area contributed by atoms with Crippen LogP contribution in [0.2, 0.25) is 5.02 Å². The van der Waals surface area contributed by atoms with Crippen molar-refractivity contribution >= 4 is 46.1 Å². The molecule has 3 spiro atoms. The van der Waals surface area contributed by atoms with Gasteiger partial charge in [0.2, 0.25) is 5.91 Å². The zero-order valence-electron chi connectivity index (χ0n) is 39.4. The van der Waals surface area contributed by atoms with Gasteiger partial charge in [-0.3, -0.25) is 14.2 Å². The molecule has 7 heterocycles. The standard InChI is InChI=1S/C54H61ClF2N10O/c1-36(68)64-18-11-48-46(32-64)51(66-17-3-4-37-24-44(39-30-59-61(2)31-39)45(50(56)57)26-49(37)66)60-67(48)43-27-54(28-43)33-53(34-54)15-21-63(22-16-53)41-9-7-40(8-10-41)62-19-12-52(13-20-62)14-23-65(35-52)42-6-5-38(29-58)47(55)25-42/h5-10,24-26,30-31,43,50H,3-4,11-23,27-28,32-35H2,1-2H3. The first kappa shape index (κ1) is 43.7. The van der Waals surface area contributed by atoms with Crippen molar-refractivity contribution in [1.29, 1.82) is 5.26 Å². The van der Waals surface area contributed by atoms with Crippen molar-refractivity contribution in [2.75, 3.05) is 72.0 Å². The van der Waals surface area contributed by atoms with Gasteiger partial charge in [0.25, 0.3) is 6.43 Å². The Bertz CT molecular complexity index is 2800. The summed E-state index contributed by atoms with van der Waals surface area (Å²) >= 11 is 6.39. The largest absolute Gasteiger partial charge is 0.371 e. The summed E-state index contributed by atoms with van der Waals surface area (Å²) in [5, 5.41) is 19.5. The number of alkyl halides is 2. The summed E-state index contributed by atoms with van der Waals surface area (Å²) in [6, 6.07) is 21.3. The van der Waals surface area contributed by atoms with E-state index in [1.165, 1.54) is 62.0 Å². The predicted octanol–water partition coefficient (Wildman–Crippen LogP) is 10.6. The van der Waals surface area contributed by atoms with Crippen LogP contribution in [-0.2, 0) is 31.2 Å². The van der Waals surface area contributed by atoms with Crippen LogP contribution < -0.4 is 19.6 Å². The Labute approximate surface area is 403 Å². The molecule has 5 fully saturated rings. The Morgan fingerprint density at radius 3 is 2.10 bits per heavy atom. The number of amides is 1. The fourth-order valence-corrected chi connectivity index (χ4v) is 14.3. The van der Waals surface area contributed by atoms with Crippen LogP contribution in [0.15, 0.2) is 67.0 Å². The van der Waals surface area contributed by atoms with Gasteiger partial charge in [0, 0.05) is 124 Å². The molecule has 0 atom stereocenters. The zero-order chi connectivity index (χ0) is 46.5. The number of fused-ring (bicyclic) bond motifs is 2. The fourth-order valence-electron chi connectivity index (χ4n) is 14.1.